The Morgan fingerprint density at radius 1 is 1.20 bits per heavy atom. The van der Waals surface area contributed by atoms with E-state index in [9.17, 15) is 14.7 Å². The lowest BCUT2D eigenvalue weighted by atomic mass is 10.0. The molecular weight excluding hydrogens is 466 g/mol. The standard InChI is InChI=1S/C26H30ClN5O3/c1-17(2)24(31-14-12-28-16-31)26(35)32-13-4-6-22(32)25(34)30-21(15-33)18-7-9-19(10-8-18)23-20(27)5-3-11-29-23/h3,5,7-12,14,16-17,21-22,24,33H,4,6,13,15H2,1-2H3,(H,30,34)/t21-,22-,24-/m0/s1. The van der Waals surface area contributed by atoms with Crippen LogP contribution in [-0.2, 0) is 9.59 Å². The summed E-state index contributed by atoms with van der Waals surface area (Å²) >= 11 is 6.25. The molecule has 2 N–H and O–H groups in total. The number of aliphatic hydroxyl groups is 1. The number of nitrogens with zero attached hydrogens (tertiary/aromatic N) is 4. The van der Waals surface area contributed by atoms with Crippen molar-refractivity contribution in [3.05, 3.63) is 71.9 Å². The summed E-state index contributed by atoms with van der Waals surface area (Å²) in [4.78, 5) is 36.8. The Kier molecular flexibility index (Phi) is 7.83. The van der Waals surface area contributed by atoms with E-state index < -0.39 is 18.1 Å². The zero-order valence-corrected chi connectivity index (χ0v) is 20.6. The molecule has 0 aliphatic carbocycles. The zero-order valence-electron chi connectivity index (χ0n) is 19.8. The molecule has 2 aromatic heterocycles. The first-order valence-corrected chi connectivity index (χ1v) is 12.2. The first kappa shape index (κ1) is 24.9. The molecule has 1 aliphatic rings. The van der Waals surface area contributed by atoms with Crippen molar-refractivity contribution in [2.24, 2.45) is 5.92 Å². The number of hydrogen-bond donors (Lipinski definition) is 2. The average Bonchev–Trinajstić information content (AvgIpc) is 3.55. The third-order valence-corrected chi connectivity index (χ3v) is 6.72. The number of imidazole rings is 1. The summed E-state index contributed by atoms with van der Waals surface area (Å²) in [5.41, 5.74) is 2.27. The number of likely N-dealkylation sites (tertiary alicyclic amines) is 1. The van der Waals surface area contributed by atoms with Crippen molar-refractivity contribution in [3.63, 3.8) is 0 Å². The highest BCUT2D eigenvalue weighted by atomic mass is 35.5. The smallest absolute Gasteiger partial charge is 0.246 e. The highest BCUT2D eigenvalue weighted by Crippen LogP contribution is 2.28. The molecule has 0 saturated carbocycles. The molecule has 3 aromatic rings. The predicted molar refractivity (Wildman–Crippen MR) is 133 cm³/mol. The predicted octanol–water partition coefficient (Wildman–Crippen LogP) is 3.64. The molecular formula is C26H30ClN5O3. The molecule has 1 aromatic carbocycles. The molecule has 3 heterocycles. The van der Waals surface area contributed by atoms with Gasteiger partial charge in [-0.25, -0.2) is 4.98 Å². The van der Waals surface area contributed by atoms with Gasteiger partial charge in [-0.15, -0.1) is 0 Å². The summed E-state index contributed by atoms with van der Waals surface area (Å²) in [6.07, 6.45) is 8.07. The summed E-state index contributed by atoms with van der Waals surface area (Å²) in [5.74, 6) is -0.315. The molecule has 1 fully saturated rings. The first-order chi connectivity index (χ1) is 16.9. The molecule has 8 nitrogen and oxygen atoms in total. The minimum Gasteiger partial charge on any atom is -0.394 e. The number of nitrogens with one attached hydrogen (secondary N) is 1. The van der Waals surface area contributed by atoms with Gasteiger partial charge in [-0.3, -0.25) is 14.6 Å². The molecule has 2 amide bonds. The van der Waals surface area contributed by atoms with Gasteiger partial charge in [0.2, 0.25) is 11.8 Å². The molecule has 0 bridgehead atoms. The highest BCUT2D eigenvalue weighted by Gasteiger charge is 2.39. The number of aromatic nitrogens is 3. The molecule has 35 heavy (non-hydrogen) atoms. The summed E-state index contributed by atoms with van der Waals surface area (Å²) in [5, 5.41) is 13.5. The minimum atomic E-state index is -0.595. The van der Waals surface area contributed by atoms with Crippen LogP contribution in [-0.4, -0.2) is 55.5 Å². The van der Waals surface area contributed by atoms with Crippen molar-refractivity contribution in [3.8, 4) is 11.3 Å². The lowest BCUT2D eigenvalue weighted by molar-refractivity contribution is -0.142. The SMILES string of the molecule is CC(C)[C@@H](C(=O)N1CCC[C@H]1C(=O)N[C@@H](CO)c1ccc(-c2ncccc2Cl)cc1)n1ccnc1. The number of carbonyl (C=O) groups is 2. The summed E-state index contributed by atoms with van der Waals surface area (Å²) < 4.78 is 1.80. The zero-order chi connectivity index (χ0) is 24.9. The Labute approximate surface area is 210 Å². The van der Waals surface area contributed by atoms with Gasteiger partial charge in [0, 0.05) is 30.7 Å². The second-order valence-electron chi connectivity index (χ2n) is 9.09. The molecule has 0 radical (unpaired) electrons. The van der Waals surface area contributed by atoms with E-state index >= 15 is 0 Å². The van der Waals surface area contributed by atoms with E-state index in [1.165, 1.54) is 0 Å². The van der Waals surface area contributed by atoms with Crippen LogP contribution in [0.3, 0.4) is 0 Å². The molecule has 1 saturated heterocycles. The lowest BCUT2D eigenvalue weighted by Crippen LogP contribution is -2.49. The van der Waals surface area contributed by atoms with Crippen molar-refractivity contribution in [2.75, 3.05) is 13.2 Å². The quantitative estimate of drug-likeness (QED) is 0.497. The fraction of sp³-hybridized carbons (Fsp3) is 0.385. The largest absolute Gasteiger partial charge is 0.394 e. The highest BCUT2D eigenvalue weighted by molar-refractivity contribution is 6.33. The Hall–Kier alpha value is -3.23. The molecule has 184 valence electrons. The summed E-state index contributed by atoms with van der Waals surface area (Å²) in [6, 6.07) is 9.36. The van der Waals surface area contributed by atoms with Gasteiger partial charge < -0.3 is 19.9 Å². The van der Waals surface area contributed by atoms with Crippen LogP contribution in [0.15, 0.2) is 61.3 Å². The van der Waals surface area contributed by atoms with Crippen LogP contribution < -0.4 is 5.32 Å². The average molecular weight is 496 g/mol. The third kappa shape index (κ3) is 5.39. The van der Waals surface area contributed by atoms with Crippen LogP contribution in [0.2, 0.25) is 5.02 Å². The second kappa shape index (κ2) is 11.0. The van der Waals surface area contributed by atoms with Crippen LogP contribution in [0.25, 0.3) is 11.3 Å². The number of halogens is 1. The van der Waals surface area contributed by atoms with E-state index in [1.54, 1.807) is 46.5 Å². The van der Waals surface area contributed by atoms with E-state index in [0.717, 1.165) is 17.5 Å². The van der Waals surface area contributed by atoms with Crippen LogP contribution in [0, 0.1) is 5.92 Å². The van der Waals surface area contributed by atoms with Gasteiger partial charge in [0.25, 0.3) is 0 Å². The molecule has 1 aliphatic heterocycles. The number of rotatable bonds is 8. The lowest BCUT2D eigenvalue weighted by Gasteiger charge is -2.31. The van der Waals surface area contributed by atoms with Gasteiger partial charge in [0.15, 0.2) is 0 Å². The fourth-order valence-corrected chi connectivity index (χ4v) is 4.87. The maximum Gasteiger partial charge on any atom is 0.246 e. The maximum absolute atomic E-state index is 13.5. The number of amides is 2. The molecule has 4 rings (SSSR count). The van der Waals surface area contributed by atoms with Crippen LogP contribution in [0.4, 0.5) is 0 Å². The molecule has 3 atom stereocenters. The topological polar surface area (TPSA) is 100 Å². The van der Waals surface area contributed by atoms with Crippen LogP contribution >= 0.6 is 11.6 Å². The van der Waals surface area contributed by atoms with E-state index in [4.69, 9.17) is 11.6 Å². The van der Waals surface area contributed by atoms with Gasteiger partial charge >= 0.3 is 0 Å². The number of hydrogen-bond acceptors (Lipinski definition) is 5. The third-order valence-electron chi connectivity index (χ3n) is 6.41. The van der Waals surface area contributed by atoms with E-state index in [-0.39, 0.29) is 24.3 Å². The molecule has 0 spiro atoms. The molecule has 0 unspecified atom stereocenters. The fourth-order valence-electron chi connectivity index (χ4n) is 4.64. The van der Waals surface area contributed by atoms with Crippen molar-refractivity contribution in [2.45, 2.75) is 44.8 Å². The van der Waals surface area contributed by atoms with Crippen molar-refractivity contribution >= 4 is 23.4 Å². The Morgan fingerprint density at radius 2 is 1.97 bits per heavy atom. The van der Waals surface area contributed by atoms with E-state index in [2.05, 4.69) is 15.3 Å². The normalized spacial score (nSPS) is 17.4. The maximum atomic E-state index is 13.5. The van der Waals surface area contributed by atoms with Crippen LogP contribution in [0.1, 0.15) is 44.3 Å². The number of pyridine rings is 1. The van der Waals surface area contributed by atoms with E-state index in [1.807, 2.05) is 38.1 Å². The number of benzene rings is 1. The Balaban J connectivity index is 1.47. The van der Waals surface area contributed by atoms with Crippen molar-refractivity contribution in [1.29, 1.82) is 0 Å². The Bertz CT molecular complexity index is 1150. The number of aliphatic hydroxyl groups excluding tert-OH is 1. The van der Waals surface area contributed by atoms with Gasteiger partial charge in [-0.2, -0.15) is 0 Å². The summed E-state index contributed by atoms with van der Waals surface area (Å²) in [6.45, 7) is 4.23. The summed E-state index contributed by atoms with van der Waals surface area (Å²) in [7, 11) is 0. The van der Waals surface area contributed by atoms with E-state index in [0.29, 0.717) is 23.7 Å². The van der Waals surface area contributed by atoms with Gasteiger partial charge in [-0.1, -0.05) is 49.7 Å². The van der Waals surface area contributed by atoms with Gasteiger partial charge in [0.1, 0.15) is 12.1 Å². The van der Waals surface area contributed by atoms with Gasteiger partial charge in [-0.05, 0) is 36.5 Å². The van der Waals surface area contributed by atoms with Crippen molar-refractivity contribution in [1.82, 2.24) is 24.8 Å². The van der Waals surface area contributed by atoms with Gasteiger partial charge in [0.05, 0.1) is 29.7 Å². The monoisotopic (exact) mass is 495 g/mol. The minimum absolute atomic E-state index is 0.0392. The van der Waals surface area contributed by atoms with Crippen LogP contribution in [0.5, 0.6) is 0 Å². The molecule has 9 heteroatoms. The Morgan fingerprint density at radius 3 is 2.60 bits per heavy atom. The second-order valence-corrected chi connectivity index (χ2v) is 9.50. The number of carbonyl (C=O) groups excluding carboxylic acids is 2. The first-order valence-electron chi connectivity index (χ1n) is 11.8. The van der Waals surface area contributed by atoms with Crippen molar-refractivity contribution < 1.29 is 14.7 Å².